The lowest BCUT2D eigenvalue weighted by atomic mass is 9.94. The fourth-order valence-corrected chi connectivity index (χ4v) is 5.16. The number of carbonyl (C=O) groups is 1. The van der Waals surface area contributed by atoms with Crippen molar-refractivity contribution in [2.45, 2.75) is 27.2 Å². The third-order valence-corrected chi connectivity index (χ3v) is 7.01. The fraction of sp³-hybridized carbons (Fsp3) is 0.208. The van der Waals surface area contributed by atoms with Gasteiger partial charge in [-0.05, 0) is 50.5 Å². The van der Waals surface area contributed by atoms with Gasteiger partial charge in [0.05, 0.1) is 12.8 Å². The zero-order valence-electron chi connectivity index (χ0n) is 17.5. The van der Waals surface area contributed by atoms with Gasteiger partial charge in [-0.15, -0.1) is 11.3 Å². The van der Waals surface area contributed by atoms with Crippen LogP contribution in [-0.2, 0) is 11.2 Å². The van der Waals surface area contributed by atoms with E-state index in [4.69, 9.17) is 14.1 Å². The lowest BCUT2D eigenvalue weighted by Gasteiger charge is -2.14. The Labute approximate surface area is 191 Å². The van der Waals surface area contributed by atoms with E-state index >= 15 is 0 Å². The van der Waals surface area contributed by atoms with Crippen LogP contribution in [0.1, 0.15) is 37.6 Å². The van der Waals surface area contributed by atoms with E-state index in [1.54, 1.807) is 17.4 Å². The molecule has 2 aromatic carbocycles. The minimum Gasteiger partial charge on any atom is -0.465 e. The molecule has 0 aliphatic rings. The summed E-state index contributed by atoms with van der Waals surface area (Å²) in [5.41, 5.74) is 4.03. The molecular weight excluding hydrogens is 478 g/mol. The predicted octanol–water partition coefficient (Wildman–Crippen LogP) is 5.98. The molecule has 31 heavy (non-hydrogen) atoms. The first kappa shape index (κ1) is 21.5. The summed E-state index contributed by atoms with van der Waals surface area (Å²) >= 11 is 5.21. The maximum atomic E-state index is 12.8. The Morgan fingerprint density at radius 2 is 1.84 bits per heavy atom. The van der Waals surface area contributed by atoms with Gasteiger partial charge in [-0.1, -0.05) is 45.8 Å². The van der Waals surface area contributed by atoms with Crippen LogP contribution in [0, 0.1) is 20.8 Å². The van der Waals surface area contributed by atoms with Gasteiger partial charge >= 0.3 is 11.6 Å². The summed E-state index contributed by atoms with van der Waals surface area (Å²) < 4.78 is 11.3. The lowest BCUT2D eigenvalue weighted by molar-refractivity contribution is 0.0595. The predicted molar refractivity (Wildman–Crippen MR) is 126 cm³/mol. The summed E-state index contributed by atoms with van der Waals surface area (Å²) in [7, 11) is 1.26. The van der Waals surface area contributed by atoms with E-state index in [0.29, 0.717) is 23.0 Å². The Hall–Kier alpha value is -2.77. The van der Waals surface area contributed by atoms with Crippen molar-refractivity contribution in [3.63, 3.8) is 0 Å². The van der Waals surface area contributed by atoms with Gasteiger partial charge < -0.3 is 9.15 Å². The van der Waals surface area contributed by atoms with Gasteiger partial charge in [0.15, 0.2) is 0 Å². The summed E-state index contributed by atoms with van der Waals surface area (Å²) in [5, 5.41) is 1.48. The van der Waals surface area contributed by atoms with Gasteiger partial charge in [-0.3, -0.25) is 0 Å². The molecule has 2 heterocycles. The van der Waals surface area contributed by atoms with Crippen LogP contribution in [0.4, 0.5) is 0 Å². The summed E-state index contributed by atoms with van der Waals surface area (Å²) in [6.07, 6.45) is 0.375. The maximum absolute atomic E-state index is 12.8. The highest BCUT2D eigenvalue weighted by molar-refractivity contribution is 9.10. The quantitative estimate of drug-likeness (QED) is 0.256. The standard InChI is InChI=1S/C24H20BrNO4S/c1-12-5-7-15(8-6-12)11-16-19-18(30-24(28)20(16)23(27)29-4)10-9-17(25)21(19)22-26-13(2)14(3)31-22/h5-10H,11H2,1-4H3. The minimum absolute atomic E-state index is 0.0834. The van der Waals surface area contributed by atoms with Crippen LogP contribution >= 0.6 is 27.3 Å². The molecule has 0 amide bonds. The molecule has 0 radical (unpaired) electrons. The van der Waals surface area contributed by atoms with Gasteiger partial charge in [0, 0.05) is 20.3 Å². The minimum atomic E-state index is -0.713. The van der Waals surface area contributed by atoms with Gasteiger partial charge in [0.25, 0.3) is 0 Å². The van der Waals surface area contributed by atoms with E-state index in [2.05, 4.69) is 15.9 Å². The van der Waals surface area contributed by atoms with Crippen molar-refractivity contribution in [1.82, 2.24) is 4.98 Å². The molecule has 2 aromatic heterocycles. The Balaban J connectivity index is 2.11. The molecule has 0 fully saturated rings. The Kier molecular flexibility index (Phi) is 5.81. The molecule has 4 rings (SSSR count). The SMILES string of the molecule is COC(=O)c1c(Cc2ccc(C)cc2)c2c(-c3nc(C)c(C)s3)c(Br)ccc2oc1=O. The molecule has 0 unspecified atom stereocenters. The van der Waals surface area contributed by atoms with Crippen molar-refractivity contribution < 1.29 is 13.9 Å². The molecule has 0 bridgehead atoms. The van der Waals surface area contributed by atoms with Gasteiger partial charge in [-0.25, -0.2) is 14.6 Å². The van der Waals surface area contributed by atoms with E-state index in [1.165, 1.54) is 7.11 Å². The number of methoxy groups -OCH3 is 1. The molecule has 0 saturated heterocycles. The molecule has 0 aliphatic carbocycles. The average Bonchev–Trinajstić information content (AvgIpc) is 3.07. The van der Waals surface area contributed by atoms with Crippen LogP contribution < -0.4 is 5.63 Å². The first-order valence-electron chi connectivity index (χ1n) is 9.66. The van der Waals surface area contributed by atoms with E-state index in [1.807, 2.05) is 51.1 Å². The second-order valence-electron chi connectivity index (χ2n) is 7.35. The van der Waals surface area contributed by atoms with Crippen LogP contribution in [0.2, 0.25) is 0 Å². The van der Waals surface area contributed by atoms with Crippen LogP contribution in [-0.4, -0.2) is 18.1 Å². The Morgan fingerprint density at radius 1 is 1.13 bits per heavy atom. The summed E-state index contributed by atoms with van der Waals surface area (Å²) in [6, 6.07) is 11.6. The Bertz CT molecular complexity index is 1350. The van der Waals surface area contributed by atoms with Gasteiger partial charge in [-0.2, -0.15) is 0 Å². The molecule has 4 aromatic rings. The number of nitrogens with zero attached hydrogens (tertiary/aromatic N) is 1. The Morgan fingerprint density at radius 3 is 2.45 bits per heavy atom. The number of aryl methyl sites for hydroxylation is 3. The highest BCUT2D eigenvalue weighted by Crippen LogP contribution is 2.40. The highest BCUT2D eigenvalue weighted by Gasteiger charge is 2.26. The molecule has 7 heteroatoms. The normalized spacial score (nSPS) is 11.1. The van der Waals surface area contributed by atoms with Crippen LogP contribution in [0.5, 0.6) is 0 Å². The number of esters is 1. The molecular formula is C24H20BrNO4S. The van der Waals surface area contributed by atoms with E-state index in [0.717, 1.165) is 36.7 Å². The van der Waals surface area contributed by atoms with E-state index < -0.39 is 11.6 Å². The number of carbonyl (C=O) groups excluding carboxylic acids is 1. The van der Waals surface area contributed by atoms with Crippen LogP contribution in [0.3, 0.4) is 0 Å². The average molecular weight is 498 g/mol. The largest absolute Gasteiger partial charge is 0.465 e. The first-order valence-corrected chi connectivity index (χ1v) is 11.3. The number of benzene rings is 2. The van der Waals surface area contributed by atoms with Crippen molar-refractivity contribution in [3.05, 3.63) is 84.1 Å². The number of hydrogen-bond donors (Lipinski definition) is 0. The number of halogens is 1. The van der Waals surface area contributed by atoms with Crippen molar-refractivity contribution in [1.29, 1.82) is 0 Å². The summed E-state index contributed by atoms with van der Waals surface area (Å²) in [5.74, 6) is -0.713. The van der Waals surface area contributed by atoms with Crippen LogP contribution in [0.15, 0.2) is 50.1 Å². The number of rotatable bonds is 4. The van der Waals surface area contributed by atoms with E-state index in [9.17, 15) is 9.59 Å². The smallest absolute Gasteiger partial charge is 0.351 e. The van der Waals surface area contributed by atoms with Crippen molar-refractivity contribution in [2.24, 2.45) is 0 Å². The maximum Gasteiger partial charge on any atom is 0.351 e. The molecule has 5 nitrogen and oxygen atoms in total. The molecule has 0 atom stereocenters. The fourth-order valence-electron chi connectivity index (χ4n) is 3.53. The highest BCUT2D eigenvalue weighted by atomic mass is 79.9. The number of ether oxygens (including phenoxy) is 1. The molecule has 0 saturated carbocycles. The number of thiazole rings is 1. The zero-order valence-corrected chi connectivity index (χ0v) is 19.9. The third kappa shape index (κ3) is 3.95. The van der Waals surface area contributed by atoms with E-state index in [-0.39, 0.29) is 5.56 Å². The molecule has 0 spiro atoms. The number of fused-ring (bicyclic) bond motifs is 1. The number of aromatic nitrogens is 1. The third-order valence-electron chi connectivity index (χ3n) is 5.26. The first-order chi connectivity index (χ1) is 14.8. The molecule has 0 N–H and O–H groups in total. The van der Waals surface area contributed by atoms with Gasteiger partial charge in [0.2, 0.25) is 0 Å². The van der Waals surface area contributed by atoms with Crippen LogP contribution in [0.25, 0.3) is 21.5 Å². The lowest BCUT2D eigenvalue weighted by Crippen LogP contribution is -2.19. The summed E-state index contributed by atoms with van der Waals surface area (Å²) in [4.78, 5) is 31.2. The zero-order chi connectivity index (χ0) is 22.3. The molecule has 0 aliphatic heterocycles. The topological polar surface area (TPSA) is 69.4 Å². The van der Waals surface area contributed by atoms with Crippen molar-refractivity contribution in [2.75, 3.05) is 7.11 Å². The second kappa shape index (κ2) is 8.40. The van der Waals surface area contributed by atoms with Gasteiger partial charge in [0.1, 0.15) is 16.2 Å². The van der Waals surface area contributed by atoms with Crippen molar-refractivity contribution in [3.8, 4) is 10.6 Å². The van der Waals surface area contributed by atoms with Crippen molar-refractivity contribution >= 4 is 44.2 Å². The number of hydrogen-bond acceptors (Lipinski definition) is 6. The monoisotopic (exact) mass is 497 g/mol. The molecule has 158 valence electrons. The summed E-state index contributed by atoms with van der Waals surface area (Å²) in [6.45, 7) is 5.99. The second-order valence-corrected chi connectivity index (χ2v) is 9.41.